The molecule has 22 valence electrons. The van der Waals surface area contributed by atoms with Gasteiger partial charge in [-0.05, 0) is 0 Å². The minimum Gasteiger partial charge on any atom is -1.00 e. The minimum atomic E-state index is 0. The Bertz CT molecular complexity index is 6.00. The van der Waals surface area contributed by atoms with Crippen molar-refractivity contribution in [3.05, 3.63) is 0 Å². The third kappa shape index (κ3) is 9.27. The molecule has 4 heavy (non-hydrogen) atoms. The summed E-state index contributed by atoms with van der Waals surface area (Å²) in [6.45, 7) is 2.18. The maximum atomic E-state index is 2.18. The Hall–Kier alpha value is 1.74. The Morgan fingerprint density at radius 3 is 1.75 bits per heavy atom. The van der Waals surface area contributed by atoms with Crippen LogP contribution in [-0.2, 0) is 0 Å². The SMILES string of the molecule is C[CH2][Ca+].[Br-]. The van der Waals surface area contributed by atoms with Crippen LogP contribution in [0.4, 0.5) is 0 Å². The zero-order valence-electron chi connectivity index (χ0n) is 2.79. The number of rotatable bonds is 0. The van der Waals surface area contributed by atoms with E-state index in [1.807, 2.05) is 0 Å². The van der Waals surface area contributed by atoms with Gasteiger partial charge in [-0.25, -0.2) is 0 Å². The fourth-order valence-electron chi connectivity index (χ4n) is 0. The van der Waals surface area contributed by atoms with Gasteiger partial charge in [-0.15, -0.1) is 0 Å². The van der Waals surface area contributed by atoms with Crippen molar-refractivity contribution in [2.24, 2.45) is 0 Å². The fraction of sp³-hybridized carbons (Fsp3) is 1.00. The van der Waals surface area contributed by atoms with Gasteiger partial charge < -0.3 is 17.0 Å². The van der Waals surface area contributed by atoms with Crippen molar-refractivity contribution in [1.29, 1.82) is 0 Å². The smallest absolute Gasteiger partial charge is 1.00 e. The van der Waals surface area contributed by atoms with Gasteiger partial charge in [0.05, 0.1) is 0 Å². The molecule has 0 fully saturated rings. The van der Waals surface area contributed by atoms with Gasteiger partial charge in [-0.1, -0.05) is 0 Å². The molecule has 0 aliphatic carbocycles. The normalized spacial score (nSPS) is 4.75. The maximum absolute atomic E-state index is 2.18. The molecule has 0 rings (SSSR count). The average molecular weight is 149 g/mol. The van der Waals surface area contributed by atoms with Gasteiger partial charge in [0.15, 0.2) is 0 Å². The van der Waals surface area contributed by atoms with E-state index in [4.69, 9.17) is 0 Å². The average Bonchev–Trinajstić information content (AvgIpc) is 0.918. The van der Waals surface area contributed by atoms with Crippen LogP contribution < -0.4 is 17.0 Å². The van der Waals surface area contributed by atoms with E-state index in [1.165, 1.54) is 38.3 Å². The molecule has 0 saturated heterocycles. The minimum absolute atomic E-state index is 0. The van der Waals surface area contributed by atoms with Crippen LogP contribution in [0.5, 0.6) is 0 Å². The van der Waals surface area contributed by atoms with Crippen molar-refractivity contribution in [2.45, 2.75) is 9.44 Å². The monoisotopic (exact) mass is 148 g/mol. The van der Waals surface area contributed by atoms with Gasteiger partial charge in [-0.2, -0.15) is 0 Å². The standard InChI is InChI=1S/C2H5.BrH.Ca/c1-2;;/h1H2,2H3;1H;/q;;+1/p-1. The quantitative estimate of drug-likeness (QED) is 0.337. The van der Waals surface area contributed by atoms with E-state index in [1.54, 1.807) is 0 Å². The second-order valence-corrected chi connectivity index (χ2v) is 2.06. The summed E-state index contributed by atoms with van der Waals surface area (Å²) >= 11 is 1.44. The summed E-state index contributed by atoms with van der Waals surface area (Å²) in [7, 11) is 0. The van der Waals surface area contributed by atoms with E-state index in [-0.39, 0.29) is 17.0 Å². The number of hydrogen-bond acceptors (Lipinski definition) is 0. The summed E-state index contributed by atoms with van der Waals surface area (Å²) in [6.07, 6.45) is 0. The molecule has 0 aromatic carbocycles. The Kier molecular flexibility index (Phi) is 20.4. The van der Waals surface area contributed by atoms with E-state index < -0.39 is 0 Å². The molecule has 0 heterocycles. The molecule has 0 atom stereocenters. The first kappa shape index (κ1) is 9.22. The summed E-state index contributed by atoms with van der Waals surface area (Å²) in [5, 5.41) is 0. The van der Waals surface area contributed by atoms with Crippen molar-refractivity contribution in [1.82, 2.24) is 0 Å². The van der Waals surface area contributed by atoms with Crippen LogP contribution in [0, 0.1) is 0 Å². The molecule has 0 bridgehead atoms. The van der Waals surface area contributed by atoms with Gasteiger partial charge in [0.1, 0.15) is 0 Å². The predicted molar refractivity (Wildman–Crippen MR) is 16.2 cm³/mol. The molecule has 0 saturated carbocycles. The van der Waals surface area contributed by atoms with Crippen LogP contribution in [0.15, 0.2) is 0 Å². The van der Waals surface area contributed by atoms with E-state index >= 15 is 0 Å². The summed E-state index contributed by atoms with van der Waals surface area (Å²) < 4.78 is 1.38. The van der Waals surface area contributed by atoms with E-state index in [0.29, 0.717) is 0 Å². The van der Waals surface area contributed by atoms with E-state index in [2.05, 4.69) is 6.92 Å². The van der Waals surface area contributed by atoms with Gasteiger partial charge in [0.25, 0.3) is 0 Å². The summed E-state index contributed by atoms with van der Waals surface area (Å²) in [5.74, 6) is 0. The molecule has 0 aromatic rings. The topological polar surface area (TPSA) is 0 Å². The molecular weight excluding hydrogens is 144 g/mol. The number of halogens is 1. The van der Waals surface area contributed by atoms with Crippen molar-refractivity contribution >= 4 is 35.8 Å². The first-order chi connectivity index (χ1) is 1.41. The van der Waals surface area contributed by atoms with Crippen molar-refractivity contribution in [3.8, 4) is 0 Å². The molecule has 2 heteroatoms. The molecular formula is C2H5BrCa. The van der Waals surface area contributed by atoms with Crippen molar-refractivity contribution in [2.75, 3.05) is 0 Å². The molecule has 0 amide bonds. The molecule has 0 unspecified atom stereocenters. The van der Waals surface area contributed by atoms with Crippen LogP contribution in [-0.4, -0.2) is 35.8 Å². The van der Waals surface area contributed by atoms with Gasteiger partial charge >= 0.3 is 45.2 Å². The first-order valence-corrected chi connectivity index (χ1v) is 2.77. The molecule has 0 aliphatic rings. The van der Waals surface area contributed by atoms with Gasteiger partial charge in [-0.3, -0.25) is 0 Å². The van der Waals surface area contributed by atoms with Crippen molar-refractivity contribution < 1.29 is 17.0 Å². The van der Waals surface area contributed by atoms with E-state index in [0.717, 1.165) is 0 Å². The van der Waals surface area contributed by atoms with Crippen molar-refractivity contribution in [3.63, 3.8) is 0 Å². The number of hydrogen-bond donors (Lipinski definition) is 0. The molecule has 0 N–H and O–H groups in total. The van der Waals surface area contributed by atoms with Gasteiger partial charge in [0, 0.05) is 0 Å². The molecule has 0 aliphatic heterocycles. The van der Waals surface area contributed by atoms with E-state index in [9.17, 15) is 0 Å². The van der Waals surface area contributed by atoms with Crippen LogP contribution >= 0.6 is 0 Å². The zero-order chi connectivity index (χ0) is 2.71. The Balaban J connectivity index is 0. The van der Waals surface area contributed by atoms with Crippen LogP contribution in [0.25, 0.3) is 0 Å². The predicted octanol–water partition coefficient (Wildman–Crippen LogP) is -2.40. The van der Waals surface area contributed by atoms with Crippen LogP contribution in [0.3, 0.4) is 0 Å². The Labute approximate surface area is 61.4 Å². The zero-order valence-corrected chi connectivity index (χ0v) is 6.59. The fourth-order valence-corrected chi connectivity index (χ4v) is 0. The third-order valence-electron chi connectivity index (χ3n) is 0. The second-order valence-electron chi connectivity index (χ2n) is 0.500. The Morgan fingerprint density at radius 2 is 1.75 bits per heavy atom. The molecule has 0 aromatic heterocycles. The molecule has 0 nitrogen and oxygen atoms in total. The van der Waals surface area contributed by atoms with Crippen LogP contribution in [0.2, 0.25) is 2.52 Å². The second kappa shape index (κ2) is 8.83. The summed E-state index contributed by atoms with van der Waals surface area (Å²) in [5.41, 5.74) is 0. The molecule has 0 radical (unpaired) electrons. The van der Waals surface area contributed by atoms with Gasteiger partial charge in [0.2, 0.25) is 0 Å². The maximum Gasteiger partial charge on any atom is -1.00 e. The first-order valence-electron chi connectivity index (χ1n) is 1.21. The third-order valence-corrected chi connectivity index (χ3v) is 0. The van der Waals surface area contributed by atoms with Crippen LogP contribution in [0.1, 0.15) is 6.92 Å². The molecule has 0 spiro atoms. The summed E-state index contributed by atoms with van der Waals surface area (Å²) in [4.78, 5) is 0. The largest absolute Gasteiger partial charge is 1.00 e. The Morgan fingerprint density at radius 1 is 1.75 bits per heavy atom. The summed E-state index contributed by atoms with van der Waals surface area (Å²) in [6, 6.07) is 0.